The van der Waals surface area contributed by atoms with E-state index < -0.39 is 17.6 Å². The Morgan fingerprint density at radius 1 is 1.03 bits per heavy atom. The Balaban J connectivity index is 0.000000631. The molecule has 9 heteroatoms. The van der Waals surface area contributed by atoms with E-state index in [4.69, 9.17) is 5.73 Å². The van der Waals surface area contributed by atoms with Crippen LogP contribution in [-0.2, 0) is 6.18 Å². The lowest BCUT2D eigenvalue weighted by Crippen LogP contribution is -2.48. The summed E-state index contributed by atoms with van der Waals surface area (Å²) >= 11 is 0. The summed E-state index contributed by atoms with van der Waals surface area (Å²) in [5.74, 6) is 0.448. The van der Waals surface area contributed by atoms with Crippen molar-refractivity contribution in [1.82, 2.24) is 24.6 Å². The maximum Gasteiger partial charge on any atom is 0.419 e. The van der Waals surface area contributed by atoms with Crippen LogP contribution in [0.15, 0.2) is 24.5 Å². The minimum atomic E-state index is -4.52. The van der Waals surface area contributed by atoms with Crippen molar-refractivity contribution in [3.63, 3.8) is 0 Å². The molecule has 2 aromatic rings. The van der Waals surface area contributed by atoms with Crippen molar-refractivity contribution in [2.75, 3.05) is 39.0 Å². The van der Waals surface area contributed by atoms with Crippen molar-refractivity contribution >= 4 is 5.82 Å². The molecule has 3 heterocycles. The number of likely N-dealkylation sites (N-methyl/N-ethyl adjacent to an activating group) is 1. The number of halogens is 3. The van der Waals surface area contributed by atoms with Gasteiger partial charge in [-0.05, 0) is 58.2 Å². The van der Waals surface area contributed by atoms with Crippen LogP contribution >= 0.6 is 0 Å². The summed E-state index contributed by atoms with van der Waals surface area (Å²) in [5.41, 5.74) is 5.04. The van der Waals surface area contributed by atoms with E-state index in [1.54, 1.807) is 16.9 Å². The van der Waals surface area contributed by atoms with E-state index in [0.29, 0.717) is 11.3 Å². The fourth-order valence-corrected chi connectivity index (χ4v) is 4.32. The van der Waals surface area contributed by atoms with Gasteiger partial charge in [0.25, 0.3) is 0 Å². The molecule has 6 nitrogen and oxygen atoms in total. The quantitative estimate of drug-likeness (QED) is 0.455. The van der Waals surface area contributed by atoms with Crippen molar-refractivity contribution in [3.8, 4) is 11.3 Å². The molecule has 0 bridgehead atoms. The Morgan fingerprint density at radius 3 is 2.08 bits per heavy atom. The highest BCUT2D eigenvalue weighted by molar-refractivity contribution is 5.61. The van der Waals surface area contributed by atoms with Crippen molar-refractivity contribution in [1.29, 1.82) is 0 Å². The summed E-state index contributed by atoms with van der Waals surface area (Å²) in [4.78, 5) is 8.74. The van der Waals surface area contributed by atoms with Gasteiger partial charge in [0.05, 0.1) is 11.3 Å². The number of hydrogen-bond acceptors (Lipinski definition) is 5. The largest absolute Gasteiger partial charge is 0.419 e. The smallest absolute Gasteiger partial charge is 0.383 e. The maximum absolute atomic E-state index is 12.7. The summed E-state index contributed by atoms with van der Waals surface area (Å²) in [6.45, 7) is 19.4. The van der Waals surface area contributed by atoms with Crippen molar-refractivity contribution in [3.05, 3.63) is 30.1 Å². The molecule has 37 heavy (non-hydrogen) atoms. The first-order chi connectivity index (χ1) is 17.0. The molecule has 2 unspecified atom stereocenters. The molecule has 2 atom stereocenters. The highest BCUT2D eigenvalue weighted by Gasteiger charge is 2.34. The average Bonchev–Trinajstić information content (AvgIpc) is 3.52. The molecule has 0 amide bonds. The zero-order chi connectivity index (χ0) is 27.5. The lowest BCUT2D eigenvalue weighted by molar-refractivity contribution is -0.137. The van der Waals surface area contributed by atoms with E-state index >= 15 is 0 Å². The number of pyridine rings is 1. The van der Waals surface area contributed by atoms with Crippen LogP contribution in [0.25, 0.3) is 11.3 Å². The van der Waals surface area contributed by atoms with Crippen LogP contribution in [0, 0.1) is 5.92 Å². The Kier molecular flexibility index (Phi) is 15.7. The van der Waals surface area contributed by atoms with Crippen molar-refractivity contribution < 1.29 is 13.2 Å². The van der Waals surface area contributed by atoms with Gasteiger partial charge < -0.3 is 10.6 Å². The summed E-state index contributed by atoms with van der Waals surface area (Å²) in [6, 6.07) is 3.67. The molecule has 1 saturated heterocycles. The topological polar surface area (TPSA) is 63.2 Å². The van der Waals surface area contributed by atoms with Gasteiger partial charge in [-0.2, -0.15) is 18.3 Å². The zero-order valence-corrected chi connectivity index (χ0v) is 23.4. The molecular weight excluding hydrogens is 477 g/mol. The van der Waals surface area contributed by atoms with Crippen LogP contribution in [0.3, 0.4) is 0 Å². The third kappa shape index (κ3) is 10.6. The van der Waals surface area contributed by atoms with Crippen molar-refractivity contribution in [2.24, 2.45) is 5.92 Å². The normalized spacial score (nSPS) is 20.0. The van der Waals surface area contributed by atoms with Crippen molar-refractivity contribution in [2.45, 2.75) is 93.4 Å². The third-order valence-corrected chi connectivity index (χ3v) is 6.38. The molecule has 2 aromatic heterocycles. The molecule has 1 aliphatic carbocycles. The van der Waals surface area contributed by atoms with Gasteiger partial charge in [-0.15, -0.1) is 0 Å². The molecule has 1 saturated carbocycles. The SMILES string of the molecule is C.CC.CC.CC(C)n1ccc(-c2cnc(N)c(C(F)(F)F)c2)n1.CC1CCC(N2CCN(C)CC2)C1. The number of aromatic nitrogens is 3. The van der Waals surface area contributed by atoms with Crippen LogP contribution in [0.2, 0.25) is 0 Å². The van der Waals surface area contributed by atoms with E-state index in [1.807, 2.05) is 41.5 Å². The van der Waals surface area contributed by atoms with Gasteiger partial charge in [-0.25, -0.2) is 4.98 Å². The Hall–Kier alpha value is -2.13. The van der Waals surface area contributed by atoms with Gasteiger partial charge in [0.1, 0.15) is 5.82 Å². The van der Waals surface area contributed by atoms with Gasteiger partial charge in [-0.3, -0.25) is 9.58 Å². The molecule has 2 N–H and O–H groups in total. The number of hydrogen-bond donors (Lipinski definition) is 1. The predicted molar refractivity (Wildman–Crippen MR) is 151 cm³/mol. The Morgan fingerprint density at radius 2 is 1.62 bits per heavy atom. The second-order valence-corrected chi connectivity index (χ2v) is 9.34. The molecule has 0 spiro atoms. The van der Waals surface area contributed by atoms with Crippen LogP contribution < -0.4 is 5.73 Å². The molecule has 1 aliphatic heterocycles. The standard InChI is InChI=1S/C12H13F3N4.C11H22N2.2C2H6.CH4/c1-7(2)19-4-3-10(18-19)8-5-9(12(13,14)15)11(16)17-6-8;1-10-3-4-11(9-10)13-7-5-12(2)6-8-13;2*1-2;/h3-7H,1-2H3,(H2,16,17);10-11H,3-9H2,1-2H3;2*1-2H3;1H4. The first kappa shape index (κ1) is 34.9. The highest BCUT2D eigenvalue weighted by Crippen LogP contribution is 2.34. The van der Waals surface area contributed by atoms with Gasteiger partial charge in [0.15, 0.2) is 0 Å². The summed E-state index contributed by atoms with van der Waals surface area (Å²) in [5, 5.41) is 4.20. The Labute approximate surface area is 223 Å². The molecule has 214 valence electrons. The second kappa shape index (κ2) is 16.7. The third-order valence-electron chi connectivity index (χ3n) is 6.38. The number of piperazine rings is 1. The second-order valence-electron chi connectivity index (χ2n) is 9.34. The van der Waals surface area contributed by atoms with E-state index in [9.17, 15) is 13.2 Å². The number of nitrogens with two attached hydrogens (primary N) is 1. The van der Waals surface area contributed by atoms with E-state index in [0.717, 1.165) is 18.0 Å². The zero-order valence-electron chi connectivity index (χ0n) is 23.4. The first-order valence-electron chi connectivity index (χ1n) is 13.4. The van der Waals surface area contributed by atoms with E-state index in [2.05, 4.69) is 33.9 Å². The fraction of sp³-hybridized carbons (Fsp3) is 0.714. The minimum Gasteiger partial charge on any atom is -0.383 e. The molecule has 4 rings (SSSR count). The predicted octanol–water partition coefficient (Wildman–Crippen LogP) is 7.24. The summed E-state index contributed by atoms with van der Waals surface area (Å²) in [6.07, 6.45) is 2.83. The van der Waals surface area contributed by atoms with Crippen LogP contribution in [-0.4, -0.2) is 63.8 Å². The molecular formula is C28H51F3N6. The number of rotatable bonds is 3. The number of nitrogen functional groups attached to an aromatic ring is 1. The van der Waals surface area contributed by atoms with Gasteiger partial charge in [0, 0.05) is 56.2 Å². The van der Waals surface area contributed by atoms with E-state index in [-0.39, 0.29) is 13.5 Å². The molecule has 0 aromatic carbocycles. The van der Waals surface area contributed by atoms with Crippen LogP contribution in [0.1, 0.15) is 86.8 Å². The van der Waals surface area contributed by atoms with Gasteiger partial charge in [0.2, 0.25) is 0 Å². The molecule has 0 radical (unpaired) electrons. The minimum absolute atomic E-state index is 0. The Bertz CT molecular complexity index is 873. The van der Waals surface area contributed by atoms with Gasteiger partial charge >= 0.3 is 6.18 Å². The highest BCUT2D eigenvalue weighted by atomic mass is 19.4. The first-order valence-corrected chi connectivity index (χ1v) is 13.4. The average molecular weight is 529 g/mol. The fourth-order valence-electron chi connectivity index (χ4n) is 4.32. The number of anilines is 1. The lowest BCUT2D eigenvalue weighted by Gasteiger charge is -2.36. The summed E-state index contributed by atoms with van der Waals surface area (Å²) < 4.78 is 39.9. The van der Waals surface area contributed by atoms with E-state index in [1.165, 1.54) is 51.6 Å². The number of alkyl halides is 3. The monoisotopic (exact) mass is 528 g/mol. The van der Waals surface area contributed by atoms with Crippen LogP contribution in [0.5, 0.6) is 0 Å². The molecule has 2 fully saturated rings. The lowest BCUT2D eigenvalue weighted by atomic mass is 10.1. The van der Waals surface area contributed by atoms with Crippen LogP contribution in [0.4, 0.5) is 19.0 Å². The molecule has 2 aliphatic rings. The van der Waals surface area contributed by atoms with Gasteiger partial charge in [-0.1, -0.05) is 42.0 Å². The maximum atomic E-state index is 12.7. The number of nitrogens with zero attached hydrogens (tertiary/aromatic N) is 5. The summed E-state index contributed by atoms with van der Waals surface area (Å²) in [7, 11) is 2.23.